The Morgan fingerprint density at radius 2 is 2.11 bits per heavy atom. The Bertz CT molecular complexity index is 403. The molecule has 3 N–H and O–H groups in total. The third kappa shape index (κ3) is 2.99. The smallest absolute Gasteiger partial charge is 0.143 e. The Morgan fingerprint density at radius 3 is 2.72 bits per heavy atom. The predicted molar refractivity (Wildman–Crippen MR) is 74.3 cm³/mol. The normalized spacial score (nSPS) is 24.3. The number of hydrazine groups is 1. The van der Waals surface area contributed by atoms with Crippen molar-refractivity contribution in [2.45, 2.75) is 58.3 Å². The molecule has 1 heterocycles. The maximum Gasteiger partial charge on any atom is 0.143 e. The van der Waals surface area contributed by atoms with Crippen LogP contribution in [0.3, 0.4) is 0 Å². The first-order valence-electron chi connectivity index (χ1n) is 6.95. The molecule has 2 unspecified atom stereocenters. The summed E-state index contributed by atoms with van der Waals surface area (Å²) in [6.45, 7) is 6.62. The minimum absolute atomic E-state index is 0.403. The number of anilines is 1. The molecule has 0 amide bonds. The van der Waals surface area contributed by atoms with E-state index >= 15 is 0 Å². The van der Waals surface area contributed by atoms with Crippen molar-refractivity contribution in [2.75, 3.05) is 5.43 Å². The van der Waals surface area contributed by atoms with Gasteiger partial charge in [0.05, 0.1) is 0 Å². The van der Waals surface area contributed by atoms with Crippen LogP contribution in [0.15, 0.2) is 6.07 Å². The second-order valence-electron chi connectivity index (χ2n) is 5.80. The highest BCUT2D eigenvalue weighted by Crippen LogP contribution is 2.35. The average Bonchev–Trinajstić information content (AvgIpc) is 2.38. The van der Waals surface area contributed by atoms with Gasteiger partial charge in [0.2, 0.25) is 0 Å². The fraction of sp³-hybridized carbons (Fsp3) is 0.714. The summed E-state index contributed by atoms with van der Waals surface area (Å²) in [5.74, 6) is 8.90. The molecule has 18 heavy (non-hydrogen) atoms. The predicted octanol–water partition coefficient (Wildman–Crippen LogP) is 3.18. The number of nitrogens with two attached hydrogens (primary N) is 1. The molecule has 0 bridgehead atoms. The first kappa shape index (κ1) is 13.3. The van der Waals surface area contributed by atoms with Gasteiger partial charge in [0, 0.05) is 17.7 Å². The number of nitrogen functional groups attached to an aromatic ring is 1. The maximum atomic E-state index is 5.50. The van der Waals surface area contributed by atoms with Crippen molar-refractivity contribution in [2.24, 2.45) is 11.8 Å². The van der Waals surface area contributed by atoms with Crippen molar-refractivity contribution >= 4 is 5.82 Å². The molecular weight excluding hydrogens is 224 g/mol. The van der Waals surface area contributed by atoms with Crippen molar-refractivity contribution < 1.29 is 0 Å². The van der Waals surface area contributed by atoms with E-state index in [-0.39, 0.29) is 0 Å². The minimum atomic E-state index is 0.403. The molecule has 1 fully saturated rings. The molecule has 1 aliphatic rings. The zero-order chi connectivity index (χ0) is 13.1. The third-order valence-corrected chi connectivity index (χ3v) is 3.80. The number of hydrogen-bond donors (Lipinski definition) is 2. The van der Waals surface area contributed by atoms with Crippen molar-refractivity contribution in [1.29, 1.82) is 0 Å². The second kappa shape index (κ2) is 5.65. The summed E-state index contributed by atoms with van der Waals surface area (Å²) < 4.78 is 0. The van der Waals surface area contributed by atoms with E-state index in [1.165, 1.54) is 25.7 Å². The van der Waals surface area contributed by atoms with Crippen molar-refractivity contribution in [3.05, 3.63) is 17.6 Å². The Balaban J connectivity index is 2.28. The van der Waals surface area contributed by atoms with Gasteiger partial charge in [-0.15, -0.1) is 0 Å². The molecule has 4 nitrogen and oxygen atoms in total. The molecule has 0 radical (unpaired) electrons. The fourth-order valence-corrected chi connectivity index (χ4v) is 2.71. The number of nitrogens with one attached hydrogen (secondary N) is 1. The van der Waals surface area contributed by atoms with Crippen LogP contribution in [0.25, 0.3) is 0 Å². The van der Waals surface area contributed by atoms with Gasteiger partial charge in [-0.2, -0.15) is 0 Å². The lowest BCUT2D eigenvalue weighted by atomic mass is 9.82. The van der Waals surface area contributed by atoms with Crippen LogP contribution in [0.2, 0.25) is 0 Å². The Kier molecular flexibility index (Phi) is 4.17. The van der Waals surface area contributed by atoms with Gasteiger partial charge >= 0.3 is 0 Å². The van der Waals surface area contributed by atoms with E-state index in [1.54, 1.807) is 0 Å². The molecule has 0 spiro atoms. The average molecular weight is 248 g/mol. The van der Waals surface area contributed by atoms with E-state index in [4.69, 9.17) is 10.8 Å². The molecule has 0 aromatic carbocycles. The standard InChI is InChI=1S/C14H24N4/c1-9(2)12-8-13(18-15)17-14(16-12)11-6-4-5-10(3)7-11/h8-11H,4-7,15H2,1-3H3,(H,16,17,18). The lowest BCUT2D eigenvalue weighted by molar-refractivity contribution is 0.334. The monoisotopic (exact) mass is 248 g/mol. The van der Waals surface area contributed by atoms with Gasteiger partial charge in [-0.25, -0.2) is 15.8 Å². The van der Waals surface area contributed by atoms with Crippen LogP contribution in [0, 0.1) is 5.92 Å². The van der Waals surface area contributed by atoms with Gasteiger partial charge in [0.25, 0.3) is 0 Å². The summed E-state index contributed by atoms with van der Waals surface area (Å²) >= 11 is 0. The largest absolute Gasteiger partial charge is 0.308 e. The van der Waals surface area contributed by atoms with E-state index in [9.17, 15) is 0 Å². The van der Waals surface area contributed by atoms with Crippen molar-refractivity contribution in [1.82, 2.24) is 9.97 Å². The number of rotatable bonds is 3. The van der Waals surface area contributed by atoms with Gasteiger partial charge in [0.15, 0.2) is 0 Å². The molecule has 0 aliphatic heterocycles. The highest BCUT2D eigenvalue weighted by Gasteiger charge is 2.23. The van der Waals surface area contributed by atoms with E-state index in [2.05, 4.69) is 31.2 Å². The van der Waals surface area contributed by atoms with Crippen molar-refractivity contribution in [3.63, 3.8) is 0 Å². The second-order valence-corrected chi connectivity index (χ2v) is 5.80. The Labute approximate surface area is 109 Å². The van der Waals surface area contributed by atoms with Gasteiger partial charge in [0.1, 0.15) is 11.6 Å². The lowest BCUT2D eigenvalue weighted by Gasteiger charge is -2.26. The van der Waals surface area contributed by atoms with Crippen LogP contribution in [0.1, 0.15) is 69.8 Å². The molecule has 4 heteroatoms. The number of nitrogens with zero attached hydrogens (tertiary/aromatic N) is 2. The lowest BCUT2D eigenvalue weighted by Crippen LogP contribution is -2.17. The first-order valence-corrected chi connectivity index (χ1v) is 6.95. The van der Waals surface area contributed by atoms with Gasteiger partial charge in [-0.3, -0.25) is 0 Å². The van der Waals surface area contributed by atoms with Crippen molar-refractivity contribution in [3.8, 4) is 0 Å². The third-order valence-electron chi connectivity index (χ3n) is 3.80. The summed E-state index contributed by atoms with van der Waals surface area (Å²) in [6.07, 6.45) is 5.02. The first-order chi connectivity index (χ1) is 8.60. The summed E-state index contributed by atoms with van der Waals surface area (Å²) in [7, 11) is 0. The SMILES string of the molecule is CC1CCCC(c2nc(NN)cc(C(C)C)n2)C1. The Hall–Kier alpha value is -1.16. The van der Waals surface area contributed by atoms with Crippen LogP contribution in [0.5, 0.6) is 0 Å². The molecule has 1 aromatic heterocycles. The molecule has 1 aromatic rings. The van der Waals surface area contributed by atoms with Crippen LogP contribution in [0.4, 0.5) is 5.82 Å². The Morgan fingerprint density at radius 1 is 1.33 bits per heavy atom. The molecule has 2 atom stereocenters. The van der Waals surface area contributed by atoms with Gasteiger partial charge in [-0.1, -0.05) is 33.6 Å². The fourth-order valence-electron chi connectivity index (χ4n) is 2.71. The molecule has 1 aliphatic carbocycles. The summed E-state index contributed by atoms with van der Waals surface area (Å²) in [5, 5.41) is 0. The van der Waals surface area contributed by atoms with E-state index in [0.29, 0.717) is 11.8 Å². The van der Waals surface area contributed by atoms with Gasteiger partial charge in [-0.05, 0) is 24.7 Å². The zero-order valence-corrected chi connectivity index (χ0v) is 11.6. The molecule has 2 rings (SSSR count). The number of hydrogen-bond acceptors (Lipinski definition) is 4. The van der Waals surface area contributed by atoms with Crippen LogP contribution in [-0.4, -0.2) is 9.97 Å². The van der Waals surface area contributed by atoms with E-state index in [1.807, 2.05) is 6.07 Å². The zero-order valence-electron chi connectivity index (χ0n) is 11.6. The highest BCUT2D eigenvalue weighted by molar-refractivity contribution is 5.36. The minimum Gasteiger partial charge on any atom is -0.308 e. The number of aromatic nitrogens is 2. The highest BCUT2D eigenvalue weighted by atomic mass is 15.3. The summed E-state index contributed by atoms with van der Waals surface area (Å²) in [4.78, 5) is 9.28. The molecule has 1 saturated carbocycles. The van der Waals surface area contributed by atoms with E-state index < -0.39 is 0 Å². The van der Waals surface area contributed by atoms with E-state index in [0.717, 1.165) is 23.3 Å². The maximum absolute atomic E-state index is 5.50. The van der Waals surface area contributed by atoms with Gasteiger partial charge < -0.3 is 5.43 Å². The van der Waals surface area contributed by atoms with Crippen LogP contribution < -0.4 is 11.3 Å². The molecular formula is C14H24N4. The summed E-state index contributed by atoms with van der Waals surface area (Å²) in [6, 6.07) is 1.94. The van der Waals surface area contributed by atoms with Crippen LogP contribution >= 0.6 is 0 Å². The molecule has 100 valence electrons. The quantitative estimate of drug-likeness (QED) is 0.637. The van der Waals surface area contributed by atoms with Crippen LogP contribution in [-0.2, 0) is 0 Å². The molecule has 0 saturated heterocycles. The topological polar surface area (TPSA) is 63.8 Å². The summed E-state index contributed by atoms with van der Waals surface area (Å²) in [5.41, 5.74) is 3.74.